The fraction of sp³-hybridized carbons (Fsp3) is 0.179. The average Bonchev–Trinajstić information content (AvgIpc) is 3.59. The topological polar surface area (TPSA) is 126 Å². The molecule has 0 unspecified atom stereocenters. The highest BCUT2D eigenvalue weighted by atomic mass is 19.2. The van der Waals surface area contributed by atoms with Crippen LogP contribution in [-0.2, 0) is 13.0 Å². The van der Waals surface area contributed by atoms with Crippen molar-refractivity contribution in [1.82, 2.24) is 19.5 Å². The third-order valence-electron chi connectivity index (χ3n) is 7.03. The molecule has 2 N–H and O–H groups in total. The first-order chi connectivity index (χ1) is 19.2. The van der Waals surface area contributed by atoms with Crippen molar-refractivity contribution < 1.29 is 23.1 Å². The number of halogens is 2. The molecule has 4 heterocycles. The van der Waals surface area contributed by atoms with Crippen molar-refractivity contribution in [3.63, 3.8) is 0 Å². The van der Waals surface area contributed by atoms with E-state index in [0.717, 1.165) is 6.07 Å². The molecule has 40 heavy (non-hydrogen) atoms. The lowest BCUT2D eigenvalue weighted by atomic mass is 9.97. The number of rotatable bonds is 6. The number of pyridine rings is 3. The van der Waals surface area contributed by atoms with Crippen LogP contribution in [0.4, 0.5) is 20.2 Å². The highest BCUT2D eigenvalue weighted by Crippen LogP contribution is 2.49. The minimum atomic E-state index is -1.38. The fourth-order valence-electron chi connectivity index (χ4n) is 5.29. The van der Waals surface area contributed by atoms with E-state index in [9.17, 15) is 19.1 Å². The summed E-state index contributed by atoms with van der Waals surface area (Å²) in [6.45, 7) is 0.0994. The summed E-state index contributed by atoms with van der Waals surface area (Å²) >= 11 is 0. The summed E-state index contributed by atoms with van der Waals surface area (Å²) in [5, 5.41) is 12.7. The fourth-order valence-corrected chi connectivity index (χ4v) is 5.29. The molecule has 4 aromatic heterocycles. The van der Waals surface area contributed by atoms with Crippen LogP contribution in [0.2, 0.25) is 0 Å². The molecular weight excluding hydrogens is 522 g/mol. The van der Waals surface area contributed by atoms with Gasteiger partial charge in [-0.2, -0.15) is 0 Å². The van der Waals surface area contributed by atoms with Crippen molar-refractivity contribution in [3.8, 4) is 22.3 Å². The first-order valence-electron chi connectivity index (χ1n) is 12.2. The van der Waals surface area contributed by atoms with Crippen molar-refractivity contribution in [2.24, 2.45) is 0 Å². The highest BCUT2D eigenvalue weighted by Gasteiger charge is 2.32. The predicted octanol–water partition coefficient (Wildman–Crippen LogP) is 4.15. The standard InChI is InChI=1S/C28H22F2N6O4/c1-31-20-6-19(29)24(30)22-15(20)5-21-23(22)25(35(2)3)17(9-33-21)13-4-16-26(37)18(28(38)39)11-36(27(16)34-7-13)10-14-8-32-12-40-14/h4,6-9,11-12,31H,5,10H2,1-3H3,(H,38,39). The smallest absolute Gasteiger partial charge is 0.341 e. The Morgan fingerprint density at radius 3 is 2.65 bits per heavy atom. The van der Waals surface area contributed by atoms with Gasteiger partial charge < -0.3 is 24.3 Å². The van der Waals surface area contributed by atoms with E-state index in [-0.39, 0.29) is 23.1 Å². The van der Waals surface area contributed by atoms with Gasteiger partial charge in [-0.15, -0.1) is 0 Å². The average molecular weight is 545 g/mol. The second-order valence-corrected chi connectivity index (χ2v) is 9.60. The summed E-state index contributed by atoms with van der Waals surface area (Å²) in [7, 11) is 5.19. The Hall–Kier alpha value is -5.13. The van der Waals surface area contributed by atoms with Gasteiger partial charge in [0.25, 0.3) is 0 Å². The van der Waals surface area contributed by atoms with Gasteiger partial charge in [0.15, 0.2) is 18.0 Å². The van der Waals surface area contributed by atoms with E-state index in [1.54, 1.807) is 38.3 Å². The van der Waals surface area contributed by atoms with Crippen molar-refractivity contribution >= 4 is 28.4 Å². The van der Waals surface area contributed by atoms with Gasteiger partial charge >= 0.3 is 5.97 Å². The molecule has 0 spiro atoms. The zero-order valence-corrected chi connectivity index (χ0v) is 21.6. The Balaban J connectivity index is 1.60. The van der Waals surface area contributed by atoms with Gasteiger partial charge in [-0.1, -0.05) is 0 Å². The molecule has 0 aliphatic heterocycles. The normalized spacial score (nSPS) is 11.9. The molecule has 12 heteroatoms. The molecule has 0 atom stereocenters. The second-order valence-electron chi connectivity index (χ2n) is 9.60. The van der Waals surface area contributed by atoms with Gasteiger partial charge in [0, 0.05) is 80.2 Å². The van der Waals surface area contributed by atoms with Gasteiger partial charge in [0.2, 0.25) is 5.43 Å². The summed E-state index contributed by atoms with van der Waals surface area (Å²) < 4.78 is 36.7. The zero-order chi connectivity index (χ0) is 28.3. The van der Waals surface area contributed by atoms with Crippen LogP contribution in [0.5, 0.6) is 0 Å². The number of hydrogen-bond donors (Lipinski definition) is 2. The Kier molecular flexibility index (Phi) is 5.82. The Labute approximate surface area is 225 Å². The Bertz CT molecular complexity index is 1900. The summed E-state index contributed by atoms with van der Waals surface area (Å²) in [5.41, 5.74) is 2.88. The number of fused-ring (bicyclic) bond motifs is 4. The van der Waals surface area contributed by atoms with Gasteiger partial charge in [0.05, 0.1) is 29.5 Å². The van der Waals surface area contributed by atoms with Crippen molar-refractivity contribution in [3.05, 3.63) is 87.8 Å². The van der Waals surface area contributed by atoms with Crippen molar-refractivity contribution in [1.29, 1.82) is 0 Å². The van der Waals surface area contributed by atoms with E-state index < -0.39 is 28.6 Å². The molecule has 5 aromatic rings. The minimum absolute atomic E-state index is 0.0669. The number of nitrogens with zero attached hydrogens (tertiary/aromatic N) is 5. The van der Waals surface area contributed by atoms with Crippen molar-refractivity contribution in [2.75, 3.05) is 31.4 Å². The number of oxazole rings is 1. The maximum atomic E-state index is 15.3. The third-order valence-corrected chi connectivity index (χ3v) is 7.03. The molecule has 0 amide bonds. The van der Waals surface area contributed by atoms with Crippen molar-refractivity contribution in [2.45, 2.75) is 13.0 Å². The second kappa shape index (κ2) is 9.26. The first-order valence-corrected chi connectivity index (χ1v) is 12.2. The van der Waals surface area contributed by atoms with Crippen LogP contribution in [-0.4, -0.2) is 51.7 Å². The maximum Gasteiger partial charge on any atom is 0.341 e. The Morgan fingerprint density at radius 2 is 1.98 bits per heavy atom. The number of aromatic nitrogens is 4. The molecule has 1 aliphatic carbocycles. The predicted molar refractivity (Wildman–Crippen MR) is 144 cm³/mol. The highest BCUT2D eigenvalue weighted by molar-refractivity contribution is 5.98. The Morgan fingerprint density at radius 1 is 1.18 bits per heavy atom. The first kappa shape index (κ1) is 25.2. The van der Waals surface area contributed by atoms with Gasteiger partial charge in [-0.3, -0.25) is 9.78 Å². The molecule has 0 saturated carbocycles. The quantitative estimate of drug-likeness (QED) is 0.318. The SMILES string of the molecule is CNc1cc(F)c(F)c2c1Cc1ncc(-c3cnc4c(c3)c(=O)c(C(=O)O)cn4Cc3cnco3)c(N(C)C)c1-2. The van der Waals surface area contributed by atoms with Crippen LogP contribution < -0.4 is 15.6 Å². The van der Waals surface area contributed by atoms with E-state index in [0.29, 0.717) is 51.5 Å². The van der Waals surface area contributed by atoms with Crippen LogP contribution in [0.25, 0.3) is 33.3 Å². The van der Waals surface area contributed by atoms with Crippen LogP contribution >= 0.6 is 0 Å². The number of benzene rings is 1. The maximum absolute atomic E-state index is 15.3. The lowest BCUT2D eigenvalue weighted by Gasteiger charge is -2.22. The van der Waals surface area contributed by atoms with Gasteiger partial charge in [-0.25, -0.2) is 23.5 Å². The van der Waals surface area contributed by atoms with Gasteiger partial charge in [0.1, 0.15) is 17.0 Å². The molecule has 0 radical (unpaired) electrons. The molecular formula is C28H22F2N6O4. The summed E-state index contributed by atoms with van der Waals surface area (Å²) in [6.07, 6.45) is 7.40. The van der Waals surface area contributed by atoms with E-state index in [1.165, 1.54) is 29.6 Å². The monoisotopic (exact) mass is 544 g/mol. The minimum Gasteiger partial charge on any atom is -0.477 e. The van der Waals surface area contributed by atoms with Gasteiger partial charge in [-0.05, 0) is 11.6 Å². The third kappa shape index (κ3) is 3.79. The molecule has 0 saturated heterocycles. The molecule has 6 rings (SSSR count). The van der Waals surface area contributed by atoms with E-state index in [2.05, 4.69) is 20.3 Å². The molecule has 1 aromatic carbocycles. The molecule has 1 aliphatic rings. The lowest BCUT2D eigenvalue weighted by molar-refractivity contribution is 0.0694. The number of aromatic carboxylic acids is 1. The number of hydrogen-bond acceptors (Lipinski definition) is 8. The molecule has 202 valence electrons. The lowest BCUT2D eigenvalue weighted by Crippen LogP contribution is -2.20. The number of carboxylic acid groups (broad SMARTS) is 1. The largest absolute Gasteiger partial charge is 0.477 e. The summed E-state index contributed by atoms with van der Waals surface area (Å²) in [6, 6.07) is 2.68. The number of nitrogens with one attached hydrogen (secondary N) is 1. The number of carboxylic acids is 1. The summed E-state index contributed by atoms with van der Waals surface area (Å²) in [4.78, 5) is 39.9. The number of carbonyl (C=O) groups is 1. The number of anilines is 2. The molecule has 10 nitrogen and oxygen atoms in total. The van der Waals surface area contributed by atoms with Crippen LogP contribution in [0, 0.1) is 11.6 Å². The molecule has 0 fully saturated rings. The van der Waals surface area contributed by atoms with Crippen LogP contribution in [0.15, 0.2) is 52.5 Å². The van der Waals surface area contributed by atoms with E-state index in [4.69, 9.17) is 4.42 Å². The van der Waals surface area contributed by atoms with Crippen LogP contribution in [0.3, 0.4) is 0 Å². The zero-order valence-electron chi connectivity index (χ0n) is 21.6. The van der Waals surface area contributed by atoms with E-state index in [1.807, 2.05) is 0 Å². The molecule has 0 bridgehead atoms. The summed E-state index contributed by atoms with van der Waals surface area (Å²) in [5.74, 6) is -2.88. The van der Waals surface area contributed by atoms with Crippen LogP contribution in [0.1, 0.15) is 27.4 Å². The van der Waals surface area contributed by atoms with E-state index >= 15 is 4.39 Å².